The summed E-state index contributed by atoms with van der Waals surface area (Å²) in [6.07, 6.45) is 6.60. The van der Waals surface area contributed by atoms with E-state index < -0.39 is 17.5 Å². The molecule has 9 heteroatoms. The lowest BCUT2D eigenvalue weighted by Crippen LogP contribution is -2.39. The highest BCUT2D eigenvalue weighted by molar-refractivity contribution is 6.02. The maximum atomic E-state index is 15.1. The summed E-state index contributed by atoms with van der Waals surface area (Å²) in [4.78, 5) is 19.6. The van der Waals surface area contributed by atoms with Crippen molar-refractivity contribution in [3.05, 3.63) is 100 Å². The minimum absolute atomic E-state index is 0.292. The second-order valence-corrected chi connectivity index (χ2v) is 10.9. The standard InChI is InChI=1S/C31H32F3N5O/c32-24-15-22(16-25(33)17-24)13-21-8-9-30-23(14-21)18-35-39(30)36-31(40)27-6-3-7-29(34)28(27)20-38-12-4-5-26(38)19-37-10-1-2-11-37/h3,6-9,14-18,26H,1-2,4-5,10-13,19-20H2,(H,36,40)/t26-/m1/s1. The molecule has 1 atom stereocenters. The maximum Gasteiger partial charge on any atom is 0.271 e. The third kappa shape index (κ3) is 5.76. The Morgan fingerprint density at radius 2 is 1.73 bits per heavy atom. The van der Waals surface area contributed by atoms with E-state index in [1.54, 1.807) is 24.4 Å². The Morgan fingerprint density at radius 1 is 0.925 bits per heavy atom. The minimum atomic E-state index is -0.616. The molecule has 208 valence electrons. The van der Waals surface area contributed by atoms with Gasteiger partial charge in [-0.05, 0) is 99.3 Å². The van der Waals surface area contributed by atoms with Crippen LogP contribution in [0.15, 0.2) is 60.8 Å². The van der Waals surface area contributed by atoms with Crippen molar-refractivity contribution in [1.82, 2.24) is 19.7 Å². The molecular weight excluding hydrogens is 515 g/mol. The number of carbonyl (C=O) groups excluding carboxylic acids is 1. The number of carbonyl (C=O) groups is 1. The summed E-state index contributed by atoms with van der Waals surface area (Å²) in [5.74, 6) is -2.05. The van der Waals surface area contributed by atoms with Crippen LogP contribution in [0.2, 0.25) is 0 Å². The lowest BCUT2D eigenvalue weighted by atomic mass is 10.0. The van der Waals surface area contributed by atoms with E-state index in [0.29, 0.717) is 41.2 Å². The van der Waals surface area contributed by atoms with E-state index in [9.17, 15) is 13.6 Å². The SMILES string of the molecule is O=C(Nn1ncc2cc(Cc3cc(F)cc(F)c3)ccc21)c1cccc(F)c1CN1CCC[C@@H]1CN1CCCC1. The van der Waals surface area contributed by atoms with Crippen LogP contribution in [0.4, 0.5) is 13.2 Å². The number of nitrogens with one attached hydrogen (secondary N) is 1. The van der Waals surface area contributed by atoms with Gasteiger partial charge < -0.3 is 4.90 Å². The molecule has 6 nitrogen and oxygen atoms in total. The Kier molecular flexibility index (Phi) is 7.58. The van der Waals surface area contributed by atoms with Crippen LogP contribution in [-0.4, -0.2) is 57.8 Å². The Labute approximate surface area is 231 Å². The number of rotatable bonds is 8. The predicted molar refractivity (Wildman–Crippen MR) is 148 cm³/mol. The summed E-state index contributed by atoms with van der Waals surface area (Å²) in [7, 11) is 0. The fourth-order valence-electron chi connectivity index (χ4n) is 6.10. The van der Waals surface area contributed by atoms with Crippen LogP contribution in [-0.2, 0) is 13.0 Å². The fourth-order valence-corrected chi connectivity index (χ4v) is 6.10. The van der Waals surface area contributed by atoms with Crippen molar-refractivity contribution in [2.45, 2.75) is 44.7 Å². The quantitative estimate of drug-likeness (QED) is 0.317. The zero-order valence-electron chi connectivity index (χ0n) is 22.3. The lowest BCUT2D eigenvalue weighted by molar-refractivity contribution is 0.100. The highest BCUT2D eigenvalue weighted by atomic mass is 19.1. The second kappa shape index (κ2) is 11.4. The summed E-state index contributed by atoms with van der Waals surface area (Å²) >= 11 is 0. The maximum absolute atomic E-state index is 15.1. The topological polar surface area (TPSA) is 53.4 Å². The number of likely N-dealkylation sites (tertiary alicyclic amines) is 2. The molecular formula is C31H32F3N5O. The van der Waals surface area contributed by atoms with E-state index in [2.05, 4.69) is 20.3 Å². The first kappa shape index (κ1) is 26.5. The van der Waals surface area contributed by atoms with Crippen LogP contribution in [0.1, 0.15) is 52.7 Å². The van der Waals surface area contributed by atoms with Gasteiger partial charge in [0.25, 0.3) is 5.91 Å². The van der Waals surface area contributed by atoms with Gasteiger partial charge in [-0.3, -0.25) is 9.69 Å². The van der Waals surface area contributed by atoms with Crippen LogP contribution < -0.4 is 5.43 Å². The number of hydrogen-bond donors (Lipinski definition) is 1. The Balaban J connectivity index is 1.18. The smallest absolute Gasteiger partial charge is 0.271 e. The summed E-state index contributed by atoms with van der Waals surface area (Å²) < 4.78 is 42.3. The van der Waals surface area contributed by atoms with E-state index >= 15 is 4.39 Å². The summed E-state index contributed by atoms with van der Waals surface area (Å²) in [5.41, 5.74) is 5.53. The van der Waals surface area contributed by atoms with Crippen molar-refractivity contribution in [3.8, 4) is 0 Å². The molecule has 2 saturated heterocycles. The number of hydrogen-bond acceptors (Lipinski definition) is 4. The van der Waals surface area contributed by atoms with Crippen LogP contribution in [0.3, 0.4) is 0 Å². The number of halogens is 3. The summed E-state index contributed by atoms with van der Waals surface area (Å²) in [6, 6.07) is 14.0. The van der Waals surface area contributed by atoms with Gasteiger partial charge in [0, 0.05) is 41.7 Å². The van der Waals surface area contributed by atoms with Gasteiger partial charge in [-0.2, -0.15) is 9.89 Å². The number of nitrogens with zero attached hydrogens (tertiary/aromatic N) is 4. The molecule has 4 aromatic rings. The molecule has 1 N–H and O–H groups in total. The first-order chi connectivity index (χ1) is 19.4. The van der Waals surface area contributed by atoms with Gasteiger partial charge in [-0.1, -0.05) is 12.1 Å². The van der Waals surface area contributed by atoms with E-state index in [0.717, 1.165) is 56.0 Å². The third-order valence-electron chi connectivity index (χ3n) is 8.06. The van der Waals surface area contributed by atoms with Crippen molar-refractivity contribution in [2.24, 2.45) is 0 Å². The molecule has 0 aliphatic carbocycles. The van der Waals surface area contributed by atoms with Gasteiger partial charge >= 0.3 is 0 Å². The highest BCUT2D eigenvalue weighted by Gasteiger charge is 2.29. The minimum Gasteiger partial charge on any atom is -0.302 e. The van der Waals surface area contributed by atoms with E-state index in [1.165, 1.54) is 35.8 Å². The largest absolute Gasteiger partial charge is 0.302 e. The molecule has 2 aliphatic heterocycles. The molecule has 1 aromatic heterocycles. The second-order valence-electron chi connectivity index (χ2n) is 10.9. The molecule has 0 spiro atoms. The average Bonchev–Trinajstić information content (AvgIpc) is 3.67. The molecule has 40 heavy (non-hydrogen) atoms. The monoisotopic (exact) mass is 547 g/mol. The molecule has 2 fully saturated rings. The Bertz CT molecular complexity index is 1510. The number of amides is 1. The van der Waals surface area contributed by atoms with Gasteiger partial charge in [0.1, 0.15) is 17.5 Å². The molecule has 0 radical (unpaired) electrons. The van der Waals surface area contributed by atoms with Crippen LogP contribution in [0.25, 0.3) is 10.9 Å². The molecule has 2 aliphatic rings. The van der Waals surface area contributed by atoms with Gasteiger partial charge in [0.15, 0.2) is 0 Å². The molecule has 0 unspecified atom stereocenters. The van der Waals surface area contributed by atoms with E-state index in [1.807, 2.05) is 12.1 Å². The van der Waals surface area contributed by atoms with Gasteiger partial charge in [-0.25, -0.2) is 18.6 Å². The first-order valence-corrected chi connectivity index (χ1v) is 13.9. The van der Waals surface area contributed by atoms with E-state index in [-0.39, 0.29) is 5.82 Å². The van der Waals surface area contributed by atoms with Crippen molar-refractivity contribution >= 4 is 16.8 Å². The zero-order chi connectivity index (χ0) is 27.6. The molecule has 0 saturated carbocycles. The Hall–Kier alpha value is -3.69. The number of aromatic nitrogens is 2. The average molecular weight is 548 g/mol. The van der Waals surface area contributed by atoms with Crippen molar-refractivity contribution in [2.75, 3.05) is 31.6 Å². The van der Waals surface area contributed by atoms with Crippen LogP contribution in [0.5, 0.6) is 0 Å². The van der Waals surface area contributed by atoms with Crippen LogP contribution in [0, 0.1) is 17.5 Å². The number of benzene rings is 3. The normalized spacial score (nSPS) is 18.1. The lowest BCUT2D eigenvalue weighted by Gasteiger charge is -2.29. The van der Waals surface area contributed by atoms with Crippen molar-refractivity contribution in [1.29, 1.82) is 0 Å². The van der Waals surface area contributed by atoms with Gasteiger partial charge in [-0.15, -0.1) is 0 Å². The van der Waals surface area contributed by atoms with Gasteiger partial charge in [0.2, 0.25) is 0 Å². The van der Waals surface area contributed by atoms with Crippen molar-refractivity contribution < 1.29 is 18.0 Å². The number of fused-ring (bicyclic) bond motifs is 1. The highest BCUT2D eigenvalue weighted by Crippen LogP contribution is 2.26. The summed E-state index contributed by atoms with van der Waals surface area (Å²) in [5, 5.41) is 5.08. The molecule has 3 aromatic carbocycles. The van der Waals surface area contributed by atoms with Crippen molar-refractivity contribution in [3.63, 3.8) is 0 Å². The van der Waals surface area contributed by atoms with E-state index in [4.69, 9.17) is 0 Å². The Morgan fingerprint density at radius 3 is 2.52 bits per heavy atom. The van der Waals surface area contributed by atoms with Gasteiger partial charge in [0.05, 0.1) is 11.7 Å². The molecule has 3 heterocycles. The first-order valence-electron chi connectivity index (χ1n) is 13.9. The molecule has 1 amide bonds. The summed E-state index contributed by atoms with van der Waals surface area (Å²) in [6.45, 7) is 4.52. The zero-order valence-corrected chi connectivity index (χ0v) is 22.3. The fraction of sp³-hybridized carbons (Fsp3) is 0.355. The van der Waals surface area contributed by atoms with Crippen LogP contribution >= 0.6 is 0 Å². The third-order valence-corrected chi connectivity index (χ3v) is 8.06. The molecule has 6 rings (SSSR count). The molecule has 0 bridgehead atoms. The predicted octanol–water partition coefficient (Wildman–Crippen LogP) is 5.49.